The molecule has 0 aliphatic carbocycles. The zero-order valence-electron chi connectivity index (χ0n) is 11.0. The average molecular weight is 290 g/mol. The van der Waals surface area contributed by atoms with Crippen LogP contribution < -0.4 is 10.6 Å². The van der Waals surface area contributed by atoms with Crippen LogP contribution in [0.15, 0.2) is 10.6 Å². The molecule has 6 nitrogen and oxygen atoms in total. The number of ether oxygens (including phenoxy) is 1. The minimum Gasteiger partial charge on any atom is -0.377 e. The van der Waals surface area contributed by atoms with Gasteiger partial charge in [-0.25, -0.2) is 0 Å². The fraction of sp³-hybridized carbons (Fsp3) is 0.667. The van der Waals surface area contributed by atoms with Crippen LogP contribution >= 0.6 is 12.4 Å². The lowest BCUT2D eigenvalue weighted by Crippen LogP contribution is -2.26. The molecule has 108 valence electrons. The van der Waals surface area contributed by atoms with Gasteiger partial charge in [0.15, 0.2) is 11.5 Å². The summed E-state index contributed by atoms with van der Waals surface area (Å²) in [7, 11) is 1.57. The zero-order chi connectivity index (χ0) is 12.8. The van der Waals surface area contributed by atoms with Crippen LogP contribution in [0.5, 0.6) is 0 Å². The summed E-state index contributed by atoms with van der Waals surface area (Å²) in [6.07, 6.45) is 2.19. The molecular weight excluding hydrogens is 270 g/mol. The van der Waals surface area contributed by atoms with Crippen LogP contribution in [0.25, 0.3) is 0 Å². The Morgan fingerprint density at radius 2 is 2.53 bits per heavy atom. The van der Waals surface area contributed by atoms with E-state index in [9.17, 15) is 4.79 Å². The summed E-state index contributed by atoms with van der Waals surface area (Å²) in [6, 6.07) is 1.61. The molecule has 0 saturated carbocycles. The highest BCUT2D eigenvalue weighted by molar-refractivity contribution is 5.92. The minimum absolute atomic E-state index is 0. The highest BCUT2D eigenvalue weighted by Gasteiger charge is 2.16. The van der Waals surface area contributed by atoms with Crippen molar-refractivity contribution in [1.29, 1.82) is 0 Å². The van der Waals surface area contributed by atoms with Gasteiger partial charge < -0.3 is 19.9 Å². The molecule has 0 radical (unpaired) electrons. The predicted octanol–water partition coefficient (Wildman–Crippen LogP) is 0.972. The van der Waals surface area contributed by atoms with E-state index in [-0.39, 0.29) is 18.3 Å². The third-order valence-corrected chi connectivity index (χ3v) is 3.08. The first-order valence-electron chi connectivity index (χ1n) is 6.23. The second-order valence-corrected chi connectivity index (χ2v) is 4.51. The molecule has 1 aromatic rings. The Morgan fingerprint density at radius 1 is 1.68 bits per heavy atom. The van der Waals surface area contributed by atoms with Gasteiger partial charge in [0.2, 0.25) is 0 Å². The molecule has 1 unspecified atom stereocenters. The van der Waals surface area contributed by atoms with E-state index in [4.69, 9.17) is 9.26 Å². The molecule has 19 heavy (non-hydrogen) atoms. The van der Waals surface area contributed by atoms with Crippen molar-refractivity contribution in [3.63, 3.8) is 0 Å². The standard InChI is InChI=1S/C12H19N3O3.ClH/c1-17-8-10-6-11(15-18-10)12(16)14-5-3-9-2-4-13-7-9;/h6,9,13H,2-5,7-8H2,1H3,(H,14,16);1H. The molecule has 1 amide bonds. The highest BCUT2D eigenvalue weighted by atomic mass is 35.5. The maximum atomic E-state index is 11.7. The molecule has 1 fully saturated rings. The lowest BCUT2D eigenvalue weighted by molar-refractivity contribution is 0.0942. The summed E-state index contributed by atoms with van der Waals surface area (Å²) in [5.41, 5.74) is 0.312. The van der Waals surface area contributed by atoms with Crippen molar-refractivity contribution < 1.29 is 14.1 Å². The van der Waals surface area contributed by atoms with Crippen LogP contribution in [0.4, 0.5) is 0 Å². The van der Waals surface area contributed by atoms with Gasteiger partial charge in [-0.3, -0.25) is 4.79 Å². The third kappa shape index (κ3) is 4.81. The van der Waals surface area contributed by atoms with E-state index in [0.29, 0.717) is 30.5 Å². The number of hydrogen-bond acceptors (Lipinski definition) is 5. The summed E-state index contributed by atoms with van der Waals surface area (Å²) in [5, 5.41) is 9.86. The van der Waals surface area contributed by atoms with E-state index >= 15 is 0 Å². The first kappa shape index (κ1) is 15.9. The lowest BCUT2D eigenvalue weighted by atomic mass is 10.1. The summed E-state index contributed by atoms with van der Waals surface area (Å²) in [6.45, 7) is 3.14. The number of hydrogen-bond donors (Lipinski definition) is 2. The van der Waals surface area contributed by atoms with Gasteiger partial charge in [0, 0.05) is 19.7 Å². The van der Waals surface area contributed by atoms with Gasteiger partial charge in [-0.15, -0.1) is 12.4 Å². The molecule has 7 heteroatoms. The van der Waals surface area contributed by atoms with E-state index in [1.807, 2.05) is 0 Å². The Bertz CT molecular complexity index is 391. The van der Waals surface area contributed by atoms with Crippen molar-refractivity contribution >= 4 is 18.3 Å². The SMILES string of the molecule is COCc1cc(C(=O)NCCC2CCNC2)no1.Cl. The molecule has 0 bridgehead atoms. The number of aromatic nitrogens is 1. The Hall–Kier alpha value is -1.11. The number of methoxy groups -OCH3 is 1. The largest absolute Gasteiger partial charge is 0.377 e. The minimum atomic E-state index is -0.188. The summed E-state index contributed by atoms with van der Waals surface area (Å²) < 4.78 is 9.86. The number of rotatable bonds is 6. The molecule has 2 N–H and O–H groups in total. The van der Waals surface area contributed by atoms with Crippen LogP contribution in [0, 0.1) is 5.92 Å². The summed E-state index contributed by atoms with van der Waals surface area (Å²) in [4.78, 5) is 11.7. The van der Waals surface area contributed by atoms with Crippen molar-refractivity contribution in [3.8, 4) is 0 Å². The molecule has 1 aliphatic heterocycles. The smallest absolute Gasteiger partial charge is 0.273 e. The Labute approximate surface area is 118 Å². The average Bonchev–Trinajstić information content (AvgIpc) is 3.00. The van der Waals surface area contributed by atoms with Gasteiger partial charge in [0.1, 0.15) is 6.61 Å². The quantitative estimate of drug-likeness (QED) is 0.816. The van der Waals surface area contributed by atoms with Gasteiger partial charge in [-0.05, 0) is 31.8 Å². The Kier molecular flexibility index (Phi) is 6.83. The maximum absolute atomic E-state index is 11.7. The van der Waals surface area contributed by atoms with E-state index < -0.39 is 0 Å². The van der Waals surface area contributed by atoms with Crippen LogP contribution in [0.3, 0.4) is 0 Å². The monoisotopic (exact) mass is 289 g/mol. The van der Waals surface area contributed by atoms with Crippen molar-refractivity contribution in [2.24, 2.45) is 5.92 Å². The molecule has 0 spiro atoms. The van der Waals surface area contributed by atoms with E-state index in [0.717, 1.165) is 19.5 Å². The predicted molar refractivity (Wildman–Crippen MR) is 72.4 cm³/mol. The van der Waals surface area contributed by atoms with Gasteiger partial charge in [0.05, 0.1) is 0 Å². The molecule has 1 saturated heterocycles. The van der Waals surface area contributed by atoms with Crippen LogP contribution in [0.1, 0.15) is 29.1 Å². The highest BCUT2D eigenvalue weighted by Crippen LogP contribution is 2.11. The van der Waals surface area contributed by atoms with Gasteiger partial charge in [-0.1, -0.05) is 5.16 Å². The first-order valence-corrected chi connectivity index (χ1v) is 6.23. The molecule has 1 aliphatic rings. The van der Waals surface area contributed by atoms with Crippen molar-refractivity contribution in [2.75, 3.05) is 26.7 Å². The lowest BCUT2D eigenvalue weighted by Gasteiger charge is -2.07. The zero-order valence-corrected chi connectivity index (χ0v) is 11.8. The van der Waals surface area contributed by atoms with Crippen molar-refractivity contribution in [3.05, 3.63) is 17.5 Å². The van der Waals surface area contributed by atoms with E-state index in [1.165, 1.54) is 6.42 Å². The Balaban J connectivity index is 0.00000180. The molecule has 0 aromatic carbocycles. The summed E-state index contributed by atoms with van der Waals surface area (Å²) >= 11 is 0. The molecule has 1 atom stereocenters. The van der Waals surface area contributed by atoms with Gasteiger partial charge >= 0.3 is 0 Å². The van der Waals surface area contributed by atoms with Crippen molar-refractivity contribution in [1.82, 2.24) is 15.8 Å². The number of amides is 1. The normalized spacial score (nSPS) is 18.1. The molecule has 2 heterocycles. The fourth-order valence-corrected chi connectivity index (χ4v) is 2.07. The van der Waals surface area contributed by atoms with E-state index in [1.54, 1.807) is 13.2 Å². The number of halogens is 1. The van der Waals surface area contributed by atoms with E-state index in [2.05, 4.69) is 15.8 Å². The second-order valence-electron chi connectivity index (χ2n) is 4.51. The van der Waals surface area contributed by atoms with Crippen LogP contribution in [-0.2, 0) is 11.3 Å². The molecular formula is C12H20ClN3O3. The number of carbonyl (C=O) groups excluding carboxylic acids is 1. The number of carbonyl (C=O) groups is 1. The van der Waals surface area contributed by atoms with Crippen molar-refractivity contribution in [2.45, 2.75) is 19.4 Å². The number of nitrogens with one attached hydrogen (secondary N) is 2. The van der Waals surface area contributed by atoms with Crippen LogP contribution in [0.2, 0.25) is 0 Å². The second kappa shape index (κ2) is 8.14. The fourth-order valence-electron chi connectivity index (χ4n) is 2.07. The molecule has 2 rings (SSSR count). The maximum Gasteiger partial charge on any atom is 0.273 e. The van der Waals surface area contributed by atoms with Gasteiger partial charge in [0.25, 0.3) is 5.91 Å². The van der Waals surface area contributed by atoms with Crippen LogP contribution in [-0.4, -0.2) is 37.8 Å². The number of nitrogens with zero attached hydrogens (tertiary/aromatic N) is 1. The summed E-state index contributed by atoms with van der Waals surface area (Å²) in [5.74, 6) is 1.04. The Morgan fingerprint density at radius 3 is 3.21 bits per heavy atom. The first-order chi connectivity index (χ1) is 8.79. The van der Waals surface area contributed by atoms with Gasteiger partial charge in [-0.2, -0.15) is 0 Å². The topological polar surface area (TPSA) is 76.4 Å². The molecule has 1 aromatic heterocycles. The third-order valence-electron chi connectivity index (χ3n) is 3.08.